The van der Waals surface area contributed by atoms with Gasteiger partial charge in [0.2, 0.25) is 11.8 Å². The van der Waals surface area contributed by atoms with Gasteiger partial charge in [-0.3, -0.25) is 24.0 Å². The molecule has 0 aromatic rings. The number of unbranched alkanes of at least 4 members (excludes halogenated alkanes) is 3. The SMILES string of the molecule is CCCCCC=CCC=CC=CC=CC(SCC(NC(=O)CCC(NC)C(=O)O)C(=O)NCC(=O)O)C(O)CCCC(=O)O. The fourth-order valence-electron chi connectivity index (χ4n) is 3.79. The van der Waals surface area contributed by atoms with Crippen LogP contribution in [0.2, 0.25) is 0 Å². The number of aliphatic carboxylic acids is 3. The first-order valence-corrected chi connectivity index (χ1v) is 15.9. The molecule has 13 heteroatoms. The van der Waals surface area contributed by atoms with Crippen LogP contribution in [0.5, 0.6) is 0 Å². The molecule has 0 aliphatic carbocycles. The Labute approximate surface area is 264 Å². The molecule has 0 radical (unpaired) electrons. The van der Waals surface area contributed by atoms with E-state index in [4.69, 9.17) is 15.3 Å². The third-order valence-electron chi connectivity index (χ3n) is 6.28. The number of amides is 2. The summed E-state index contributed by atoms with van der Waals surface area (Å²) in [6, 6.07) is -2.12. The topological polar surface area (TPSA) is 202 Å². The summed E-state index contributed by atoms with van der Waals surface area (Å²) in [7, 11) is 1.45. The summed E-state index contributed by atoms with van der Waals surface area (Å²) in [5.74, 6) is -4.76. The number of carbonyl (C=O) groups is 5. The van der Waals surface area contributed by atoms with Gasteiger partial charge in [0.05, 0.1) is 6.10 Å². The zero-order valence-corrected chi connectivity index (χ0v) is 26.5. The molecule has 12 nitrogen and oxygen atoms in total. The number of carbonyl (C=O) groups excluding carboxylic acids is 2. The van der Waals surface area contributed by atoms with Gasteiger partial charge in [-0.2, -0.15) is 0 Å². The standard InChI is InChI=1S/C31H49N3O9S/c1-3-4-5-6-7-8-9-10-11-12-13-14-17-26(25(35)16-15-18-28(37)38)44-22-24(30(41)33-21-29(39)40)34-27(36)20-19-23(32-2)31(42)43/h7-8,10-14,17,23-26,32,35H,3-6,9,15-16,18-22H2,1-2H3,(H,33,41)(H,34,36)(H,37,38)(H,39,40)(H,42,43). The van der Waals surface area contributed by atoms with Gasteiger partial charge in [0, 0.05) is 23.8 Å². The summed E-state index contributed by atoms with van der Waals surface area (Å²) in [6.07, 6.45) is 19.8. The monoisotopic (exact) mass is 639 g/mol. The van der Waals surface area contributed by atoms with Crippen molar-refractivity contribution in [3.63, 3.8) is 0 Å². The molecule has 0 bridgehead atoms. The molecule has 0 aliphatic rings. The summed E-state index contributed by atoms with van der Waals surface area (Å²) in [4.78, 5) is 58.3. The van der Waals surface area contributed by atoms with Gasteiger partial charge < -0.3 is 36.4 Å². The number of nitrogens with one attached hydrogen (secondary N) is 3. The van der Waals surface area contributed by atoms with Crippen molar-refractivity contribution in [1.82, 2.24) is 16.0 Å². The number of aliphatic hydroxyl groups excluding tert-OH is 1. The third-order valence-corrected chi connectivity index (χ3v) is 7.66. The maximum Gasteiger partial charge on any atom is 0.322 e. The van der Waals surface area contributed by atoms with Gasteiger partial charge in [0.1, 0.15) is 18.6 Å². The molecule has 0 heterocycles. The van der Waals surface area contributed by atoms with Gasteiger partial charge in [-0.25, -0.2) is 0 Å². The van der Waals surface area contributed by atoms with Crippen LogP contribution >= 0.6 is 11.8 Å². The summed E-state index contributed by atoms with van der Waals surface area (Å²) in [5, 5.41) is 44.6. The van der Waals surface area contributed by atoms with Crippen molar-refractivity contribution in [3.05, 3.63) is 48.6 Å². The molecule has 0 saturated heterocycles. The highest BCUT2D eigenvalue weighted by atomic mass is 32.2. The van der Waals surface area contributed by atoms with Gasteiger partial charge in [0.25, 0.3) is 0 Å². The van der Waals surface area contributed by atoms with Crippen LogP contribution < -0.4 is 16.0 Å². The van der Waals surface area contributed by atoms with Gasteiger partial charge in [-0.15, -0.1) is 11.8 Å². The predicted molar refractivity (Wildman–Crippen MR) is 171 cm³/mol. The number of carboxylic acid groups (broad SMARTS) is 3. The molecular weight excluding hydrogens is 590 g/mol. The molecule has 4 unspecified atom stereocenters. The van der Waals surface area contributed by atoms with Crippen molar-refractivity contribution >= 4 is 41.5 Å². The van der Waals surface area contributed by atoms with E-state index in [0.717, 1.165) is 24.6 Å². The van der Waals surface area contributed by atoms with Crippen LogP contribution in [0.25, 0.3) is 0 Å². The van der Waals surface area contributed by atoms with E-state index in [9.17, 15) is 29.1 Å². The van der Waals surface area contributed by atoms with Crippen LogP contribution in [0.1, 0.15) is 71.1 Å². The van der Waals surface area contributed by atoms with Crippen LogP contribution in [-0.4, -0.2) is 92.9 Å². The van der Waals surface area contributed by atoms with E-state index in [-0.39, 0.29) is 37.9 Å². The number of thioether (sulfide) groups is 1. The van der Waals surface area contributed by atoms with Gasteiger partial charge in [0.15, 0.2) is 0 Å². The van der Waals surface area contributed by atoms with Crippen molar-refractivity contribution in [2.45, 2.75) is 94.6 Å². The lowest BCUT2D eigenvalue weighted by Gasteiger charge is -2.23. The molecule has 7 N–H and O–H groups in total. The number of hydrogen-bond donors (Lipinski definition) is 7. The molecule has 2 amide bonds. The lowest BCUT2D eigenvalue weighted by molar-refractivity contribution is -0.140. The highest BCUT2D eigenvalue weighted by Crippen LogP contribution is 2.22. The van der Waals surface area contributed by atoms with E-state index in [1.54, 1.807) is 18.2 Å². The van der Waals surface area contributed by atoms with Crippen molar-refractivity contribution in [2.75, 3.05) is 19.3 Å². The van der Waals surface area contributed by atoms with Crippen molar-refractivity contribution in [3.8, 4) is 0 Å². The average Bonchev–Trinajstić information content (AvgIpc) is 2.97. The second kappa shape index (κ2) is 26.0. The van der Waals surface area contributed by atoms with Gasteiger partial charge in [-0.05, 0) is 45.6 Å². The number of aliphatic hydroxyl groups is 1. The van der Waals surface area contributed by atoms with Crippen LogP contribution in [0.15, 0.2) is 48.6 Å². The summed E-state index contributed by atoms with van der Waals surface area (Å²) < 4.78 is 0. The summed E-state index contributed by atoms with van der Waals surface area (Å²) in [5.41, 5.74) is 0. The second-order valence-corrected chi connectivity index (χ2v) is 11.2. The van der Waals surface area contributed by atoms with Crippen molar-refractivity contribution in [1.29, 1.82) is 0 Å². The van der Waals surface area contributed by atoms with Crippen molar-refractivity contribution in [2.24, 2.45) is 0 Å². The normalized spacial score (nSPS) is 14.6. The lowest BCUT2D eigenvalue weighted by atomic mass is 10.1. The Kier molecular flexibility index (Phi) is 24.0. The largest absolute Gasteiger partial charge is 0.481 e. The quantitative estimate of drug-likeness (QED) is 0.0416. The van der Waals surface area contributed by atoms with Gasteiger partial charge in [-0.1, -0.05) is 68.4 Å². The van der Waals surface area contributed by atoms with E-state index in [1.807, 2.05) is 18.2 Å². The van der Waals surface area contributed by atoms with Crippen LogP contribution in [0.3, 0.4) is 0 Å². The molecule has 0 spiro atoms. The fourth-order valence-corrected chi connectivity index (χ4v) is 5.00. The molecule has 4 atom stereocenters. The Hall–Kier alpha value is -3.42. The average molecular weight is 640 g/mol. The Morgan fingerprint density at radius 2 is 1.55 bits per heavy atom. The first-order valence-electron chi connectivity index (χ1n) is 14.9. The predicted octanol–water partition coefficient (Wildman–Crippen LogP) is 3.04. The molecule has 0 rings (SSSR count). The number of rotatable bonds is 26. The van der Waals surface area contributed by atoms with E-state index < -0.39 is 59.7 Å². The molecule has 44 heavy (non-hydrogen) atoms. The van der Waals surface area contributed by atoms with Crippen LogP contribution in [0.4, 0.5) is 0 Å². The molecule has 248 valence electrons. The zero-order chi connectivity index (χ0) is 33.2. The highest BCUT2D eigenvalue weighted by Gasteiger charge is 2.26. The molecule has 0 aromatic heterocycles. The molecule has 0 fully saturated rings. The van der Waals surface area contributed by atoms with E-state index in [0.29, 0.717) is 0 Å². The smallest absolute Gasteiger partial charge is 0.322 e. The Bertz CT molecular complexity index is 998. The first-order chi connectivity index (χ1) is 21.0. The van der Waals surface area contributed by atoms with Crippen LogP contribution in [0, 0.1) is 0 Å². The lowest BCUT2D eigenvalue weighted by Crippen LogP contribution is -2.50. The molecule has 0 aromatic carbocycles. The van der Waals surface area contributed by atoms with E-state index in [1.165, 1.54) is 26.3 Å². The number of hydrogen-bond acceptors (Lipinski definition) is 8. The highest BCUT2D eigenvalue weighted by molar-refractivity contribution is 8.00. The van der Waals surface area contributed by atoms with E-state index >= 15 is 0 Å². The van der Waals surface area contributed by atoms with Crippen LogP contribution in [-0.2, 0) is 24.0 Å². The third kappa shape index (κ3) is 22.2. The first kappa shape index (κ1) is 40.6. The summed E-state index contributed by atoms with van der Waals surface area (Å²) >= 11 is 1.14. The minimum atomic E-state index is -1.27. The van der Waals surface area contributed by atoms with Crippen molar-refractivity contribution < 1.29 is 44.4 Å². The summed E-state index contributed by atoms with van der Waals surface area (Å²) in [6.45, 7) is 1.51. The fraction of sp³-hybridized carbons (Fsp3) is 0.581. The number of allylic oxidation sites excluding steroid dienone is 7. The zero-order valence-electron chi connectivity index (χ0n) is 25.7. The van der Waals surface area contributed by atoms with E-state index in [2.05, 4.69) is 35.0 Å². The van der Waals surface area contributed by atoms with Gasteiger partial charge >= 0.3 is 17.9 Å². The maximum absolute atomic E-state index is 12.7. The number of likely N-dealkylation sites (N-methyl/N-ethyl adjacent to an activating group) is 1. The maximum atomic E-state index is 12.7. The Morgan fingerprint density at radius 3 is 2.18 bits per heavy atom. The minimum Gasteiger partial charge on any atom is -0.481 e. The second-order valence-electron chi connectivity index (χ2n) is 10.0. The minimum absolute atomic E-state index is 0.0298. The Balaban J connectivity index is 5.43. The number of carboxylic acids is 3. The molecule has 0 saturated carbocycles. The molecular formula is C31H49N3O9S. The molecule has 0 aliphatic heterocycles. The Morgan fingerprint density at radius 1 is 0.818 bits per heavy atom.